The van der Waals surface area contributed by atoms with E-state index in [1.165, 1.54) is 18.3 Å². The quantitative estimate of drug-likeness (QED) is 0.804. The standard InChI is InChI=1S/C17H16Cl2N2O2/c1-10-4-3-5-11(2)16(10)21-15(22)9-20-8-12-6-13(18)7-14(19)17(12)23/h3-8,23H,9H2,1-2H3,(H,21,22). The van der Waals surface area contributed by atoms with Crippen LogP contribution in [-0.2, 0) is 4.79 Å². The second kappa shape index (κ2) is 7.49. The first-order chi connectivity index (χ1) is 10.9. The fourth-order valence-electron chi connectivity index (χ4n) is 2.10. The molecule has 0 aromatic heterocycles. The highest BCUT2D eigenvalue weighted by molar-refractivity contribution is 6.36. The van der Waals surface area contributed by atoms with E-state index in [4.69, 9.17) is 23.2 Å². The first-order valence-electron chi connectivity index (χ1n) is 6.92. The molecule has 0 aliphatic heterocycles. The Kier molecular flexibility index (Phi) is 5.64. The number of aromatic hydroxyl groups is 1. The van der Waals surface area contributed by atoms with E-state index in [9.17, 15) is 9.90 Å². The summed E-state index contributed by atoms with van der Waals surface area (Å²) in [4.78, 5) is 16.0. The molecule has 2 aromatic rings. The lowest BCUT2D eigenvalue weighted by atomic mass is 10.1. The maximum absolute atomic E-state index is 12.0. The Morgan fingerprint density at radius 1 is 1.26 bits per heavy atom. The molecule has 0 fully saturated rings. The van der Waals surface area contributed by atoms with Crippen LogP contribution >= 0.6 is 23.2 Å². The van der Waals surface area contributed by atoms with Crippen molar-refractivity contribution in [1.29, 1.82) is 0 Å². The minimum absolute atomic E-state index is 0.0721. The van der Waals surface area contributed by atoms with Crippen LogP contribution in [0.3, 0.4) is 0 Å². The van der Waals surface area contributed by atoms with E-state index in [2.05, 4.69) is 10.3 Å². The smallest absolute Gasteiger partial charge is 0.246 e. The summed E-state index contributed by atoms with van der Waals surface area (Å²) in [6.07, 6.45) is 1.37. The van der Waals surface area contributed by atoms with Gasteiger partial charge in [0.2, 0.25) is 5.91 Å². The van der Waals surface area contributed by atoms with Gasteiger partial charge in [0.25, 0.3) is 0 Å². The largest absolute Gasteiger partial charge is 0.506 e. The van der Waals surface area contributed by atoms with Gasteiger partial charge in [-0.25, -0.2) is 0 Å². The molecule has 0 heterocycles. The van der Waals surface area contributed by atoms with Gasteiger partial charge in [-0.1, -0.05) is 41.4 Å². The number of hydrogen-bond donors (Lipinski definition) is 2. The number of rotatable bonds is 4. The molecule has 0 aliphatic rings. The number of carbonyl (C=O) groups excluding carboxylic acids is 1. The third kappa shape index (κ3) is 4.47. The normalized spacial score (nSPS) is 11.0. The zero-order valence-electron chi connectivity index (χ0n) is 12.7. The summed E-state index contributed by atoms with van der Waals surface area (Å²) in [6.45, 7) is 3.78. The lowest BCUT2D eigenvalue weighted by molar-refractivity contribution is -0.114. The molecule has 0 atom stereocenters. The van der Waals surface area contributed by atoms with E-state index >= 15 is 0 Å². The molecular formula is C17H16Cl2N2O2. The maximum atomic E-state index is 12.0. The molecule has 0 aliphatic carbocycles. The molecule has 0 saturated heterocycles. The van der Waals surface area contributed by atoms with Crippen LogP contribution in [0.15, 0.2) is 35.3 Å². The van der Waals surface area contributed by atoms with Crippen molar-refractivity contribution in [2.45, 2.75) is 13.8 Å². The fourth-order valence-corrected chi connectivity index (χ4v) is 2.61. The number of phenolic OH excluding ortho intramolecular Hbond substituents is 1. The molecular weight excluding hydrogens is 335 g/mol. The number of phenols is 1. The van der Waals surface area contributed by atoms with Gasteiger partial charge >= 0.3 is 0 Å². The molecule has 2 aromatic carbocycles. The zero-order valence-corrected chi connectivity index (χ0v) is 14.2. The Bertz CT molecular complexity index is 753. The van der Waals surface area contributed by atoms with Crippen LogP contribution < -0.4 is 5.32 Å². The molecule has 0 saturated carbocycles. The molecule has 2 N–H and O–H groups in total. The van der Waals surface area contributed by atoms with Crippen molar-refractivity contribution in [1.82, 2.24) is 0 Å². The number of anilines is 1. The molecule has 4 nitrogen and oxygen atoms in total. The zero-order chi connectivity index (χ0) is 17.0. The molecule has 0 unspecified atom stereocenters. The van der Waals surface area contributed by atoms with Crippen molar-refractivity contribution in [2.75, 3.05) is 11.9 Å². The summed E-state index contributed by atoms with van der Waals surface area (Å²) in [5.74, 6) is -0.360. The van der Waals surface area contributed by atoms with Crippen LogP contribution in [-0.4, -0.2) is 23.8 Å². The molecule has 2 rings (SSSR count). The number of nitrogens with one attached hydrogen (secondary N) is 1. The lowest BCUT2D eigenvalue weighted by Gasteiger charge is -2.10. The SMILES string of the molecule is Cc1cccc(C)c1NC(=O)CN=Cc1cc(Cl)cc(Cl)c1O. The summed E-state index contributed by atoms with van der Waals surface area (Å²) >= 11 is 11.7. The van der Waals surface area contributed by atoms with Crippen molar-refractivity contribution in [2.24, 2.45) is 4.99 Å². The predicted octanol–water partition coefficient (Wildman–Crippen LogP) is 4.37. The monoisotopic (exact) mass is 350 g/mol. The van der Waals surface area contributed by atoms with E-state index in [0.29, 0.717) is 10.6 Å². The Morgan fingerprint density at radius 2 is 1.91 bits per heavy atom. The summed E-state index contributed by atoms with van der Waals surface area (Å²) < 4.78 is 0. The summed E-state index contributed by atoms with van der Waals surface area (Å²) in [5, 5.41) is 13.2. The fraction of sp³-hybridized carbons (Fsp3) is 0.176. The number of carbonyl (C=O) groups is 1. The molecule has 1 amide bonds. The number of halogens is 2. The molecule has 120 valence electrons. The van der Waals surface area contributed by atoms with Crippen LogP contribution in [0.5, 0.6) is 5.75 Å². The third-order valence-corrected chi connectivity index (χ3v) is 3.77. The van der Waals surface area contributed by atoms with Crippen molar-refractivity contribution >= 4 is 41.0 Å². The lowest BCUT2D eigenvalue weighted by Crippen LogP contribution is -2.16. The van der Waals surface area contributed by atoms with E-state index < -0.39 is 0 Å². The molecule has 0 radical (unpaired) electrons. The Morgan fingerprint density at radius 3 is 2.57 bits per heavy atom. The Balaban J connectivity index is 2.05. The molecule has 0 bridgehead atoms. The van der Waals surface area contributed by atoms with Crippen LogP contribution in [0.1, 0.15) is 16.7 Å². The van der Waals surface area contributed by atoms with Crippen molar-refractivity contribution in [3.05, 3.63) is 57.1 Å². The van der Waals surface area contributed by atoms with E-state index in [0.717, 1.165) is 16.8 Å². The Labute approximate surface area is 144 Å². The number of aryl methyl sites for hydroxylation is 2. The molecule has 0 spiro atoms. The van der Waals surface area contributed by atoms with Crippen molar-refractivity contribution < 1.29 is 9.90 Å². The predicted molar refractivity (Wildman–Crippen MR) is 95.1 cm³/mol. The summed E-state index contributed by atoms with van der Waals surface area (Å²) in [6, 6.07) is 8.75. The Hall–Kier alpha value is -2.04. The number of para-hydroxylation sites is 1. The number of aliphatic imine (C=N–C) groups is 1. The number of amides is 1. The molecule has 6 heteroatoms. The highest BCUT2D eigenvalue weighted by atomic mass is 35.5. The minimum Gasteiger partial charge on any atom is -0.506 e. The minimum atomic E-state index is -0.244. The highest BCUT2D eigenvalue weighted by Gasteiger charge is 2.08. The van der Waals surface area contributed by atoms with Gasteiger partial charge in [0.1, 0.15) is 12.3 Å². The van der Waals surface area contributed by atoms with Gasteiger partial charge in [-0.3, -0.25) is 9.79 Å². The van der Waals surface area contributed by atoms with Crippen LogP contribution in [0.25, 0.3) is 0 Å². The second-order valence-corrected chi connectivity index (χ2v) is 5.95. The summed E-state index contributed by atoms with van der Waals surface area (Å²) in [5.41, 5.74) is 3.13. The second-order valence-electron chi connectivity index (χ2n) is 5.11. The molecule has 23 heavy (non-hydrogen) atoms. The van der Waals surface area contributed by atoms with E-state index in [1.54, 1.807) is 0 Å². The van der Waals surface area contributed by atoms with E-state index in [-0.39, 0.29) is 23.2 Å². The highest BCUT2D eigenvalue weighted by Crippen LogP contribution is 2.30. The number of benzene rings is 2. The number of nitrogens with zero attached hydrogens (tertiary/aromatic N) is 1. The van der Waals surface area contributed by atoms with Crippen molar-refractivity contribution in [3.8, 4) is 5.75 Å². The van der Waals surface area contributed by atoms with Gasteiger partial charge in [0, 0.05) is 22.5 Å². The van der Waals surface area contributed by atoms with Crippen LogP contribution in [0.2, 0.25) is 10.0 Å². The van der Waals surface area contributed by atoms with Gasteiger partial charge < -0.3 is 10.4 Å². The maximum Gasteiger partial charge on any atom is 0.246 e. The third-order valence-electron chi connectivity index (χ3n) is 3.27. The van der Waals surface area contributed by atoms with Crippen LogP contribution in [0, 0.1) is 13.8 Å². The van der Waals surface area contributed by atoms with Gasteiger partial charge in [0.15, 0.2) is 0 Å². The topological polar surface area (TPSA) is 61.7 Å². The van der Waals surface area contributed by atoms with E-state index in [1.807, 2.05) is 32.0 Å². The van der Waals surface area contributed by atoms with Gasteiger partial charge in [-0.15, -0.1) is 0 Å². The summed E-state index contributed by atoms with van der Waals surface area (Å²) in [7, 11) is 0. The van der Waals surface area contributed by atoms with Gasteiger partial charge in [0.05, 0.1) is 5.02 Å². The average molecular weight is 351 g/mol. The van der Waals surface area contributed by atoms with Gasteiger partial charge in [-0.2, -0.15) is 0 Å². The van der Waals surface area contributed by atoms with Crippen molar-refractivity contribution in [3.63, 3.8) is 0 Å². The van der Waals surface area contributed by atoms with Gasteiger partial charge in [-0.05, 0) is 37.1 Å². The number of hydrogen-bond acceptors (Lipinski definition) is 3. The first kappa shape index (κ1) is 17.3. The van der Waals surface area contributed by atoms with Crippen LogP contribution in [0.4, 0.5) is 5.69 Å². The first-order valence-corrected chi connectivity index (χ1v) is 7.68. The average Bonchev–Trinajstić information content (AvgIpc) is 2.48.